The summed E-state index contributed by atoms with van der Waals surface area (Å²) in [5, 5.41) is 5.48. The lowest BCUT2D eigenvalue weighted by Gasteiger charge is -2.08. The molecule has 2 rings (SSSR count). The van der Waals surface area contributed by atoms with E-state index in [1.807, 2.05) is 49.8 Å². The van der Waals surface area contributed by atoms with Crippen LogP contribution in [0.5, 0.6) is 0 Å². The van der Waals surface area contributed by atoms with Crippen molar-refractivity contribution in [3.63, 3.8) is 0 Å². The normalized spacial score (nSPS) is 10.8. The molecule has 0 saturated carbocycles. The minimum atomic E-state index is 0.00715. The van der Waals surface area contributed by atoms with Crippen molar-refractivity contribution in [3.05, 3.63) is 35.7 Å². The van der Waals surface area contributed by atoms with Gasteiger partial charge in [0.15, 0.2) is 5.13 Å². The molecule has 0 spiro atoms. The van der Waals surface area contributed by atoms with E-state index in [2.05, 4.69) is 15.2 Å². The van der Waals surface area contributed by atoms with Gasteiger partial charge in [-0.3, -0.25) is 4.79 Å². The van der Waals surface area contributed by atoms with Crippen LogP contribution in [0.2, 0.25) is 0 Å². The summed E-state index contributed by atoms with van der Waals surface area (Å²) in [6, 6.07) is 9.96. The van der Waals surface area contributed by atoms with Gasteiger partial charge in [-0.2, -0.15) is 11.8 Å². The van der Waals surface area contributed by atoms with Gasteiger partial charge in [0, 0.05) is 23.2 Å². The fraction of sp³-hybridized carbons (Fsp3) is 0.333. The summed E-state index contributed by atoms with van der Waals surface area (Å²) < 4.78 is 0. The first kappa shape index (κ1) is 16.0. The van der Waals surface area contributed by atoms with Gasteiger partial charge in [0.1, 0.15) is 0 Å². The van der Waals surface area contributed by atoms with Crippen LogP contribution in [0.15, 0.2) is 35.7 Å². The molecule has 1 aromatic carbocycles. The highest BCUT2D eigenvalue weighted by Gasteiger charge is 2.08. The van der Waals surface area contributed by atoms with E-state index >= 15 is 0 Å². The monoisotopic (exact) mass is 321 g/mol. The van der Waals surface area contributed by atoms with Gasteiger partial charge in [0.2, 0.25) is 5.91 Å². The van der Waals surface area contributed by atoms with Crippen molar-refractivity contribution < 1.29 is 4.79 Å². The number of amides is 1. The highest BCUT2D eigenvalue weighted by molar-refractivity contribution is 7.99. The van der Waals surface area contributed by atoms with Gasteiger partial charge in [-0.05, 0) is 14.1 Å². The van der Waals surface area contributed by atoms with Gasteiger partial charge in [-0.1, -0.05) is 30.3 Å². The maximum atomic E-state index is 11.8. The maximum Gasteiger partial charge on any atom is 0.236 e. The Morgan fingerprint density at radius 3 is 2.81 bits per heavy atom. The Kier molecular flexibility index (Phi) is 6.22. The average molecular weight is 321 g/mol. The molecule has 112 valence electrons. The Bertz CT molecular complexity index is 569. The largest absolute Gasteiger partial charge is 0.309 e. The highest BCUT2D eigenvalue weighted by atomic mass is 32.2. The fourth-order valence-corrected chi connectivity index (χ4v) is 3.27. The molecule has 1 heterocycles. The zero-order chi connectivity index (χ0) is 15.1. The molecule has 1 aromatic heterocycles. The molecule has 0 saturated heterocycles. The van der Waals surface area contributed by atoms with Crippen LogP contribution >= 0.6 is 23.1 Å². The molecule has 2 aromatic rings. The lowest BCUT2D eigenvalue weighted by molar-refractivity contribution is -0.113. The maximum absolute atomic E-state index is 11.8. The quantitative estimate of drug-likeness (QED) is 0.796. The van der Waals surface area contributed by atoms with E-state index in [4.69, 9.17) is 0 Å². The number of anilines is 1. The third-order valence-corrected chi connectivity index (χ3v) is 4.43. The SMILES string of the molecule is CN(C)CCSCC(=O)Nc1nc(-c2ccccc2)cs1. The van der Waals surface area contributed by atoms with Crippen LogP contribution in [0.25, 0.3) is 11.3 Å². The van der Waals surface area contributed by atoms with E-state index in [1.165, 1.54) is 11.3 Å². The fourth-order valence-electron chi connectivity index (χ4n) is 1.64. The predicted molar refractivity (Wildman–Crippen MR) is 92.1 cm³/mol. The summed E-state index contributed by atoms with van der Waals surface area (Å²) in [6.07, 6.45) is 0. The summed E-state index contributed by atoms with van der Waals surface area (Å²) in [4.78, 5) is 18.4. The lowest BCUT2D eigenvalue weighted by atomic mass is 10.2. The first-order chi connectivity index (χ1) is 10.1. The van der Waals surface area contributed by atoms with Gasteiger partial charge in [-0.15, -0.1) is 11.3 Å². The second-order valence-corrected chi connectivity index (χ2v) is 6.77. The highest BCUT2D eigenvalue weighted by Crippen LogP contribution is 2.24. The average Bonchev–Trinajstić information content (AvgIpc) is 2.93. The summed E-state index contributed by atoms with van der Waals surface area (Å²) in [6.45, 7) is 0.980. The molecule has 0 aliphatic heterocycles. The number of rotatable bonds is 7. The van der Waals surface area contributed by atoms with Crippen molar-refractivity contribution >= 4 is 34.1 Å². The van der Waals surface area contributed by atoms with Crippen molar-refractivity contribution in [2.45, 2.75) is 0 Å². The third-order valence-electron chi connectivity index (χ3n) is 2.74. The van der Waals surface area contributed by atoms with E-state index in [-0.39, 0.29) is 5.91 Å². The molecule has 0 aliphatic rings. The number of carbonyl (C=O) groups is 1. The number of thiazole rings is 1. The molecule has 0 bridgehead atoms. The zero-order valence-corrected chi connectivity index (χ0v) is 13.8. The van der Waals surface area contributed by atoms with Crippen molar-refractivity contribution in [3.8, 4) is 11.3 Å². The number of aromatic nitrogens is 1. The second-order valence-electron chi connectivity index (χ2n) is 4.81. The van der Waals surface area contributed by atoms with Crippen molar-refractivity contribution in [2.75, 3.05) is 37.5 Å². The first-order valence-electron chi connectivity index (χ1n) is 6.68. The van der Waals surface area contributed by atoms with Gasteiger partial charge >= 0.3 is 0 Å². The molecule has 21 heavy (non-hydrogen) atoms. The Balaban J connectivity index is 1.81. The van der Waals surface area contributed by atoms with Crippen LogP contribution in [-0.4, -0.2) is 47.9 Å². The van der Waals surface area contributed by atoms with E-state index in [0.717, 1.165) is 23.6 Å². The second kappa shape index (κ2) is 8.17. The first-order valence-corrected chi connectivity index (χ1v) is 8.72. The lowest BCUT2D eigenvalue weighted by Crippen LogP contribution is -2.18. The Hall–Kier alpha value is -1.37. The molecule has 1 N–H and O–H groups in total. The number of hydrogen-bond donors (Lipinski definition) is 1. The Labute approximate surface area is 133 Å². The molecule has 0 atom stereocenters. The number of carbonyl (C=O) groups excluding carboxylic acids is 1. The van der Waals surface area contributed by atoms with E-state index in [1.54, 1.807) is 11.8 Å². The number of benzene rings is 1. The number of nitrogens with zero attached hydrogens (tertiary/aromatic N) is 2. The van der Waals surface area contributed by atoms with E-state index in [0.29, 0.717) is 10.9 Å². The predicted octanol–water partition coefficient (Wildman–Crippen LogP) is 3.04. The van der Waals surface area contributed by atoms with Gasteiger partial charge in [0.25, 0.3) is 0 Å². The van der Waals surface area contributed by atoms with Gasteiger partial charge < -0.3 is 10.2 Å². The summed E-state index contributed by atoms with van der Waals surface area (Å²) in [7, 11) is 4.06. The van der Waals surface area contributed by atoms with Crippen molar-refractivity contribution in [2.24, 2.45) is 0 Å². The molecule has 0 aliphatic carbocycles. The third kappa shape index (κ3) is 5.49. The smallest absolute Gasteiger partial charge is 0.236 e. The minimum Gasteiger partial charge on any atom is -0.309 e. The number of thioether (sulfide) groups is 1. The van der Waals surface area contributed by atoms with Crippen LogP contribution in [0.3, 0.4) is 0 Å². The van der Waals surface area contributed by atoms with Gasteiger partial charge in [-0.25, -0.2) is 4.98 Å². The molecule has 6 heteroatoms. The summed E-state index contributed by atoms with van der Waals surface area (Å²) >= 11 is 3.09. The van der Waals surface area contributed by atoms with E-state index in [9.17, 15) is 4.79 Å². The van der Waals surface area contributed by atoms with Crippen molar-refractivity contribution in [1.82, 2.24) is 9.88 Å². The van der Waals surface area contributed by atoms with Crippen LogP contribution in [0.1, 0.15) is 0 Å². The van der Waals surface area contributed by atoms with Gasteiger partial charge in [0.05, 0.1) is 11.4 Å². The van der Waals surface area contributed by atoms with E-state index < -0.39 is 0 Å². The standard InChI is InChI=1S/C15H19N3OS2/c1-18(2)8-9-20-11-14(19)17-15-16-13(10-21-15)12-6-4-3-5-7-12/h3-7,10H,8-9,11H2,1-2H3,(H,16,17,19). The van der Waals surface area contributed by atoms with Crippen LogP contribution in [0, 0.1) is 0 Å². The molecule has 0 fully saturated rings. The molecule has 0 radical (unpaired) electrons. The van der Waals surface area contributed by atoms with Crippen LogP contribution in [-0.2, 0) is 4.79 Å². The number of hydrogen-bond acceptors (Lipinski definition) is 5. The Morgan fingerprint density at radius 1 is 1.33 bits per heavy atom. The number of nitrogens with one attached hydrogen (secondary N) is 1. The Morgan fingerprint density at radius 2 is 2.10 bits per heavy atom. The van der Waals surface area contributed by atoms with Crippen molar-refractivity contribution in [1.29, 1.82) is 0 Å². The molecule has 4 nitrogen and oxygen atoms in total. The molecule has 0 unspecified atom stereocenters. The topological polar surface area (TPSA) is 45.2 Å². The summed E-state index contributed by atoms with van der Waals surface area (Å²) in [5.74, 6) is 1.43. The van der Waals surface area contributed by atoms with Crippen LogP contribution < -0.4 is 5.32 Å². The summed E-state index contributed by atoms with van der Waals surface area (Å²) in [5.41, 5.74) is 1.96. The minimum absolute atomic E-state index is 0.00715. The molecule has 1 amide bonds. The van der Waals surface area contributed by atoms with Crippen LogP contribution in [0.4, 0.5) is 5.13 Å². The zero-order valence-electron chi connectivity index (χ0n) is 12.2. The molecular weight excluding hydrogens is 302 g/mol. The molecular formula is C15H19N3OS2.